The van der Waals surface area contributed by atoms with Crippen molar-refractivity contribution in [3.63, 3.8) is 0 Å². The Kier molecular flexibility index (Phi) is 48.6. The SMILES string of the molecule is CCCC/C=C\C/C=C\CCCCCCCC(=O)OCCCCCCCCCCCCCCCCC(=O)NC(CO)C(O)CCCCCCCCCCCCCCCCC. The molecule has 0 aliphatic rings. The van der Waals surface area contributed by atoms with Gasteiger partial charge in [0.1, 0.15) is 0 Å². The van der Waals surface area contributed by atoms with E-state index in [4.69, 9.17) is 4.74 Å². The van der Waals surface area contributed by atoms with E-state index < -0.39 is 12.1 Å². The van der Waals surface area contributed by atoms with Gasteiger partial charge in [-0.25, -0.2) is 0 Å². The maximum atomic E-state index is 12.5. The number of hydrogen-bond acceptors (Lipinski definition) is 5. The van der Waals surface area contributed by atoms with Crippen LogP contribution in [0.25, 0.3) is 0 Å². The summed E-state index contributed by atoms with van der Waals surface area (Å²) in [5.41, 5.74) is 0. The predicted octanol–water partition coefficient (Wildman–Crippen LogP) is 15.9. The van der Waals surface area contributed by atoms with Crippen molar-refractivity contribution in [2.24, 2.45) is 0 Å². The standard InChI is InChI=1S/C54H103NO5/c1-3-5-7-9-11-13-15-17-19-22-26-30-34-38-42-46-52(57)51(50-56)55-53(58)47-43-39-35-31-27-23-20-21-25-29-33-37-41-45-49-60-54(59)48-44-40-36-32-28-24-18-16-14-12-10-8-6-4-2/h10,12,16,18,51-52,56-57H,3-9,11,13-15,17,19-50H2,1-2H3,(H,55,58)/b12-10-,18-16-. The summed E-state index contributed by atoms with van der Waals surface area (Å²) in [6.07, 6.45) is 58.6. The molecule has 3 N–H and O–H groups in total. The van der Waals surface area contributed by atoms with E-state index in [-0.39, 0.29) is 18.5 Å². The first-order chi connectivity index (χ1) is 29.5. The van der Waals surface area contributed by atoms with E-state index in [9.17, 15) is 19.8 Å². The molecule has 6 heteroatoms. The molecule has 0 aliphatic carbocycles. The van der Waals surface area contributed by atoms with Crippen LogP contribution in [0.2, 0.25) is 0 Å². The van der Waals surface area contributed by atoms with Crippen LogP contribution < -0.4 is 5.32 Å². The molecule has 0 aliphatic heterocycles. The Morgan fingerprint density at radius 3 is 1.32 bits per heavy atom. The molecular weight excluding hydrogens is 743 g/mol. The van der Waals surface area contributed by atoms with Gasteiger partial charge in [0.2, 0.25) is 5.91 Å². The predicted molar refractivity (Wildman–Crippen MR) is 260 cm³/mol. The Bertz CT molecular complexity index is 935. The second-order valence-corrected chi connectivity index (χ2v) is 18.2. The first-order valence-corrected chi connectivity index (χ1v) is 26.6. The lowest BCUT2D eigenvalue weighted by Gasteiger charge is -2.22. The van der Waals surface area contributed by atoms with Crippen LogP contribution in [0.1, 0.15) is 284 Å². The minimum absolute atomic E-state index is 0.0167. The molecule has 0 saturated carbocycles. The Hall–Kier alpha value is -1.66. The van der Waals surface area contributed by atoms with Crippen LogP contribution in [0, 0.1) is 0 Å². The molecule has 60 heavy (non-hydrogen) atoms. The van der Waals surface area contributed by atoms with E-state index >= 15 is 0 Å². The number of esters is 1. The minimum atomic E-state index is -0.671. The highest BCUT2D eigenvalue weighted by atomic mass is 16.5. The molecule has 2 atom stereocenters. The molecule has 0 aromatic carbocycles. The zero-order valence-electron chi connectivity index (χ0n) is 40.2. The molecule has 0 saturated heterocycles. The maximum absolute atomic E-state index is 12.5. The zero-order chi connectivity index (χ0) is 43.7. The lowest BCUT2D eigenvalue weighted by molar-refractivity contribution is -0.143. The van der Waals surface area contributed by atoms with Gasteiger partial charge in [-0.15, -0.1) is 0 Å². The van der Waals surface area contributed by atoms with E-state index in [1.165, 1.54) is 193 Å². The largest absolute Gasteiger partial charge is 0.466 e. The highest BCUT2D eigenvalue weighted by Crippen LogP contribution is 2.17. The van der Waals surface area contributed by atoms with Gasteiger partial charge in [0.05, 0.1) is 25.4 Å². The smallest absolute Gasteiger partial charge is 0.305 e. The second kappa shape index (κ2) is 50.0. The summed E-state index contributed by atoms with van der Waals surface area (Å²) in [4.78, 5) is 24.5. The van der Waals surface area contributed by atoms with Crippen molar-refractivity contribution >= 4 is 11.9 Å². The van der Waals surface area contributed by atoms with Crippen LogP contribution in [-0.2, 0) is 14.3 Å². The van der Waals surface area contributed by atoms with Gasteiger partial charge < -0.3 is 20.3 Å². The lowest BCUT2D eigenvalue weighted by Crippen LogP contribution is -2.45. The van der Waals surface area contributed by atoms with Gasteiger partial charge in [0.15, 0.2) is 0 Å². The van der Waals surface area contributed by atoms with Gasteiger partial charge in [-0.05, 0) is 51.4 Å². The first-order valence-electron chi connectivity index (χ1n) is 26.6. The third-order valence-electron chi connectivity index (χ3n) is 12.3. The molecule has 0 radical (unpaired) electrons. The number of aliphatic hydroxyl groups is 2. The van der Waals surface area contributed by atoms with E-state index in [0.29, 0.717) is 25.9 Å². The Morgan fingerprint density at radius 1 is 0.467 bits per heavy atom. The van der Waals surface area contributed by atoms with Crippen molar-refractivity contribution in [3.8, 4) is 0 Å². The molecule has 1 amide bonds. The number of carbonyl (C=O) groups excluding carboxylic acids is 2. The van der Waals surface area contributed by atoms with Crippen LogP contribution in [0.3, 0.4) is 0 Å². The van der Waals surface area contributed by atoms with Crippen molar-refractivity contribution in [1.29, 1.82) is 0 Å². The molecule has 0 aromatic rings. The number of allylic oxidation sites excluding steroid dienone is 4. The normalized spacial score (nSPS) is 12.8. The monoisotopic (exact) mass is 846 g/mol. The van der Waals surface area contributed by atoms with Gasteiger partial charge in [-0.3, -0.25) is 9.59 Å². The lowest BCUT2D eigenvalue weighted by atomic mass is 10.0. The van der Waals surface area contributed by atoms with Gasteiger partial charge in [0.25, 0.3) is 0 Å². The Labute approximate surface area is 373 Å². The van der Waals surface area contributed by atoms with Crippen molar-refractivity contribution in [1.82, 2.24) is 5.32 Å². The average Bonchev–Trinajstić information content (AvgIpc) is 3.25. The molecule has 0 aromatic heterocycles. The highest BCUT2D eigenvalue weighted by molar-refractivity contribution is 5.76. The molecule has 0 heterocycles. The summed E-state index contributed by atoms with van der Waals surface area (Å²) in [7, 11) is 0. The molecule has 6 nitrogen and oxygen atoms in total. The van der Waals surface area contributed by atoms with Crippen molar-refractivity contribution in [2.45, 2.75) is 296 Å². The maximum Gasteiger partial charge on any atom is 0.305 e. The van der Waals surface area contributed by atoms with Crippen molar-refractivity contribution < 1.29 is 24.5 Å². The molecule has 0 spiro atoms. The van der Waals surface area contributed by atoms with Gasteiger partial charge in [-0.2, -0.15) is 0 Å². The number of aliphatic hydroxyl groups excluding tert-OH is 2. The molecule has 354 valence electrons. The summed E-state index contributed by atoms with van der Waals surface area (Å²) in [5, 5.41) is 23.2. The second-order valence-electron chi connectivity index (χ2n) is 18.2. The topological polar surface area (TPSA) is 95.9 Å². The van der Waals surface area contributed by atoms with Crippen molar-refractivity contribution in [3.05, 3.63) is 24.3 Å². The molecule has 0 bridgehead atoms. The number of nitrogens with one attached hydrogen (secondary N) is 1. The number of hydrogen-bond donors (Lipinski definition) is 3. The number of carbonyl (C=O) groups is 2. The van der Waals surface area contributed by atoms with Crippen molar-refractivity contribution in [2.75, 3.05) is 13.2 Å². The number of amides is 1. The fourth-order valence-electron chi connectivity index (χ4n) is 8.13. The van der Waals surface area contributed by atoms with Crippen LogP contribution in [0.15, 0.2) is 24.3 Å². The number of rotatable bonds is 49. The van der Waals surface area contributed by atoms with Gasteiger partial charge in [0, 0.05) is 12.8 Å². The average molecular weight is 846 g/mol. The summed E-state index contributed by atoms with van der Waals surface area (Å²) < 4.78 is 5.45. The fourth-order valence-corrected chi connectivity index (χ4v) is 8.13. The fraction of sp³-hybridized carbons (Fsp3) is 0.889. The van der Waals surface area contributed by atoms with Crippen LogP contribution in [0.4, 0.5) is 0 Å². The Morgan fingerprint density at radius 2 is 0.850 bits per heavy atom. The summed E-state index contributed by atoms with van der Waals surface area (Å²) in [5.74, 6) is -0.0621. The van der Waals surface area contributed by atoms with E-state index in [0.717, 1.165) is 57.8 Å². The number of unbranched alkanes of at least 4 members (excludes halogenated alkanes) is 34. The Balaban J connectivity index is 3.45. The summed E-state index contributed by atoms with van der Waals surface area (Å²) in [6, 6.07) is -0.549. The van der Waals surface area contributed by atoms with Gasteiger partial charge >= 0.3 is 5.97 Å². The van der Waals surface area contributed by atoms with E-state index in [2.05, 4.69) is 43.5 Å². The first kappa shape index (κ1) is 58.3. The summed E-state index contributed by atoms with van der Waals surface area (Å²) in [6.45, 7) is 4.89. The molecule has 0 fully saturated rings. The van der Waals surface area contributed by atoms with Crippen LogP contribution >= 0.6 is 0 Å². The third-order valence-corrected chi connectivity index (χ3v) is 12.3. The molecule has 2 unspecified atom stereocenters. The molecular formula is C54H103NO5. The van der Waals surface area contributed by atoms with Crippen LogP contribution in [0.5, 0.6) is 0 Å². The van der Waals surface area contributed by atoms with Crippen LogP contribution in [-0.4, -0.2) is 47.4 Å². The van der Waals surface area contributed by atoms with Gasteiger partial charge in [-0.1, -0.05) is 244 Å². The van der Waals surface area contributed by atoms with E-state index in [1.807, 2.05) is 0 Å². The third kappa shape index (κ3) is 45.9. The highest BCUT2D eigenvalue weighted by Gasteiger charge is 2.20. The molecule has 0 rings (SSSR count). The number of ether oxygens (including phenoxy) is 1. The summed E-state index contributed by atoms with van der Waals surface area (Å²) >= 11 is 0. The zero-order valence-corrected chi connectivity index (χ0v) is 40.2. The minimum Gasteiger partial charge on any atom is -0.466 e. The van der Waals surface area contributed by atoms with E-state index in [1.54, 1.807) is 0 Å². The quantitative estimate of drug-likeness (QED) is 0.0322.